The fourth-order valence-corrected chi connectivity index (χ4v) is 5.39. The topological polar surface area (TPSA) is 84.9 Å². The van der Waals surface area contributed by atoms with Crippen molar-refractivity contribution in [1.82, 2.24) is 5.32 Å². The number of ether oxygens (including phenoxy) is 2. The highest BCUT2D eigenvalue weighted by molar-refractivity contribution is 7.92. The van der Waals surface area contributed by atoms with Gasteiger partial charge in [-0.2, -0.15) is 0 Å². The molecule has 0 spiro atoms. The Morgan fingerprint density at radius 2 is 1.51 bits per heavy atom. The Morgan fingerprint density at radius 3 is 2.14 bits per heavy atom. The third kappa shape index (κ3) is 5.77. The van der Waals surface area contributed by atoms with E-state index in [2.05, 4.69) is 17.4 Å². The van der Waals surface area contributed by atoms with E-state index in [4.69, 9.17) is 9.47 Å². The van der Waals surface area contributed by atoms with Crippen molar-refractivity contribution in [2.75, 3.05) is 25.1 Å². The lowest BCUT2D eigenvalue weighted by atomic mass is 9.96. The molecule has 35 heavy (non-hydrogen) atoms. The number of methoxy groups -OCH3 is 2. The molecule has 7 nitrogen and oxygen atoms in total. The molecule has 0 aliphatic rings. The van der Waals surface area contributed by atoms with E-state index in [1.54, 1.807) is 36.4 Å². The second-order valence-corrected chi connectivity index (χ2v) is 10.3. The van der Waals surface area contributed by atoms with Crippen LogP contribution in [0.15, 0.2) is 65.6 Å². The Morgan fingerprint density at radius 1 is 0.886 bits per heavy atom. The number of hydrogen-bond donors (Lipinski definition) is 1. The Hall–Kier alpha value is -3.52. The quantitative estimate of drug-likeness (QED) is 0.464. The number of nitrogens with one attached hydrogen (secondary N) is 1. The Labute approximate surface area is 207 Å². The summed E-state index contributed by atoms with van der Waals surface area (Å²) in [4.78, 5) is 13.2. The van der Waals surface area contributed by atoms with Crippen LogP contribution in [0.2, 0.25) is 0 Å². The van der Waals surface area contributed by atoms with E-state index in [1.807, 2.05) is 27.7 Å². The summed E-state index contributed by atoms with van der Waals surface area (Å²) in [5, 5.41) is 2.96. The van der Waals surface area contributed by atoms with Crippen LogP contribution in [0, 0.1) is 20.8 Å². The van der Waals surface area contributed by atoms with Crippen LogP contribution in [0.1, 0.15) is 35.2 Å². The summed E-state index contributed by atoms with van der Waals surface area (Å²) in [6, 6.07) is 16.6. The number of carbonyl (C=O) groups excluding carboxylic acids is 1. The number of nitrogens with zero attached hydrogens (tertiary/aromatic N) is 1. The number of amides is 1. The third-order valence-corrected chi connectivity index (χ3v) is 7.79. The maximum atomic E-state index is 13.6. The van der Waals surface area contributed by atoms with Crippen molar-refractivity contribution in [2.24, 2.45) is 0 Å². The molecule has 8 heteroatoms. The van der Waals surface area contributed by atoms with Crippen LogP contribution >= 0.6 is 0 Å². The molecule has 0 fully saturated rings. The first kappa shape index (κ1) is 26.1. The summed E-state index contributed by atoms with van der Waals surface area (Å²) < 4.78 is 38.9. The first-order valence-electron chi connectivity index (χ1n) is 11.3. The minimum Gasteiger partial charge on any atom is -0.493 e. The molecule has 0 aliphatic carbocycles. The van der Waals surface area contributed by atoms with E-state index in [0.29, 0.717) is 11.5 Å². The minimum atomic E-state index is -4.04. The largest absolute Gasteiger partial charge is 0.493 e. The summed E-state index contributed by atoms with van der Waals surface area (Å²) >= 11 is 0. The number of carbonyl (C=O) groups is 1. The fraction of sp³-hybridized carbons (Fsp3) is 0.296. The van der Waals surface area contributed by atoms with Gasteiger partial charge in [-0.05, 0) is 74.2 Å². The highest BCUT2D eigenvalue weighted by Crippen LogP contribution is 2.34. The van der Waals surface area contributed by atoms with Gasteiger partial charge < -0.3 is 14.8 Å². The van der Waals surface area contributed by atoms with Crippen molar-refractivity contribution in [2.45, 2.75) is 38.6 Å². The number of rotatable bonds is 9. The van der Waals surface area contributed by atoms with E-state index < -0.39 is 22.5 Å². The van der Waals surface area contributed by atoms with Crippen LogP contribution in [0.25, 0.3) is 0 Å². The van der Waals surface area contributed by atoms with Gasteiger partial charge in [0.25, 0.3) is 10.0 Å². The molecular formula is C27H32N2O5S. The van der Waals surface area contributed by atoms with Crippen LogP contribution in [0.4, 0.5) is 5.69 Å². The molecule has 0 aromatic heterocycles. The van der Waals surface area contributed by atoms with Crippen molar-refractivity contribution in [3.05, 3.63) is 82.9 Å². The summed E-state index contributed by atoms with van der Waals surface area (Å²) in [5.41, 5.74) is 4.65. The van der Waals surface area contributed by atoms with Crippen molar-refractivity contribution in [1.29, 1.82) is 0 Å². The van der Waals surface area contributed by atoms with Gasteiger partial charge in [-0.25, -0.2) is 8.42 Å². The van der Waals surface area contributed by atoms with E-state index in [0.717, 1.165) is 21.0 Å². The second-order valence-electron chi connectivity index (χ2n) is 8.45. The van der Waals surface area contributed by atoms with Gasteiger partial charge in [0, 0.05) is 6.07 Å². The maximum absolute atomic E-state index is 13.6. The predicted molar refractivity (Wildman–Crippen MR) is 138 cm³/mol. The van der Waals surface area contributed by atoms with E-state index in [1.165, 1.54) is 31.9 Å². The zero-order valence-electron chi connectivity index (χ0n) is 21.0. The van der Waals surface area contributed by atoms with Crippen molar-refractivity contribution in [3.63, 3.8) is 0 Å². The summed E-state index contributed by atoms with van der Waals surface area (Å²) in [7, 11) is -1.07. The molecular weight excluding hydrogens is 464 g/mol. The molecule has 0 heterocycles. The predicted octanol–water partition coefficient (Wildman–Crippen LogP) is 4.70. The van der Waals surface area contributed by atoms with Gasteiger partial charge in [0.15, 0.2) is 11.5 Å². The zero-order chi connectivity index (χ0) is 25.8. The van der Waals surface area contributed by atoms with E-state index in [9.17, 15) is 13.2 Å². The van der Waals surface area contributed by atoms with Gasteiger partial charge in [0.1, 0.15) is 6.54 Å². The van der Waals surface area contributed by atoms with Gasteiger partial charge in [-0.15, -0.1) is 0 Å². The molecule has 3 aromatic carbocycles. The number of anilines is 1. The molecule has 0 unspecified atom stereocenters. The fourth-order valence-electron chi connectivity index (χ4n) is 3.96. The summed E-state index contributed by atoms with van der Waals surface area (Å²) in [5.74, 6) is 0.388. The Kier molecular flexibility index (Phi) is 8.07. The molecule has 0 saturated carbocycles. The van der Waals surface area contributed by atoms with Crippen molar-refractivity contribution >= 4 is 21.6 Å². The molecule has 1 amide bonds. The van der Waals surface area contributed by atoms with Crippen LogP contribution < -0.4 is 19.1 Å². The van der Waals surface area contributed by atoms with E-state index >= 15 is 0 Å². The molecule has 186 valence electrons. The monoisotopic (exact) mass is 496 g/mol. The lowest BCUT2D eigenvalue weighted by Gasteiger charge is -2.26. The van der Waals surface area contributed by atoms with Crippen LogP contribution in [0.3, 0.4) is 0 Å². The molecule has 0 bridgehead atoms. The molecule has 0 aliphatic heterocycles. The number of benzene rings is 3. The summed E-state index contributed by atoms with van der Waals surface area (Å²) in [6.45, 7) is 7.56. The molecule has 3 aromatic rings. The second kappa shape index (κ2) is 10.8. The standard InChI is InChI=1S/C27H32N2O5S/c1-18-14-20(3)24(15-19(18)2)21(4)28-27(30)17-29(35(31,32)23-10-8-7-9-11-23)22-12-13-25(33-5)26(16-22)34-6/h7-16,21H,17H2,1-6H3,(H,28,30)/t21-/m0/s1. The number of aryl methyl sites for hydroxylation is 3. The Bertz CT molecular complexity index is 1310. The van der Waals surface area contributed by atoms with Crippen LogP contribution in [0.5, 0.6) is 11.5 Å². The zero-order valence-corrected chi connectivity index (χ0v) is 21.8. The average molecular weight is 497 g/mol. The minimum absolute atomic E-state index is 0.0839. The number of sulfonamides is 1. The summed E-state index contributed by atoms with van der Waals surface area (Å²) in [6.07, 6.45) is 0. The molecule has 1 N–H and O–H groups in total. The smallest absolute Gasteiger partial charge is 0.264 e. The molecule has 1 atom stereocenters. The SMILES string of the molecule is COc1ccc(N(CC(=O)N[C@@H](C)c2cc(C)c(C)cc2C)S(=O)(=O)c2ccccc2)cc1OC. The first-order valence-corrected chi connectivity index (χ1v) is 12.7. The molecule has 0 saturated heterocycles. The van der Waals surface area contributed by atoms with Crippen molar-refractivity contribution < 1.29 is 22.7 Å². The molecule has 3 rings (SSSR count). The first-order chi connectivity index (χ1) is 16.6. The van der Waals surface area contributed by atoms with Gasteiger partial charge in [0.05, 0.1) is 30.8 Å². The normalized spacial score (nSPS) is 12.1. The van der Waals surface area contributed by atoms with E-state index in [-0.39, 0.29) is 16.6 Å². The van der Waals surface area contributed by atoms with Crippen LogP contribution in [-0.2, 0) is 14.8 Å². The maximum Gasteiger partial charge on any atom is 0.264 e. The van der Waals surface area contributed by atoms with Gasteiger partial charge in [0.2, 0.25) is 5.91 Å². The average Bonchev–Trinajstić information content (AvgIpc) is 2.84. The Balaban J connectivity index is 1.96. The lowest BCUT2D eigenvalue weighted by Crippen LogP contribution is -2.41. The van der Waals surface area contributed by atoms with Crippen molar-refractivity contribution in [3.8, 4) is 11.5 Å². The highest BCUT2D eigenvalue weighted by atomic mass is 32.2. The number of hydrogen-bond acceptors (Lipinski definition) is 5. The van der Waals surface area contributed by atoms with Gasteiger partial charge >= 0.3 is 0 Å². The third-order valence-electron chi connectivity index (χ3n) is 6.00. The molecule has 0 radical (unpaired) electrons. The van der Waals surface area contributed by atoms with Gasteiger partial charge in [-0.1, -0.05) is 30.3 Å². The lowest BCUT2D eigenvalue weighted by molar-refractivity contribution is -0.120. The van der Waals surface area contributed by atoms with Gasteiger partial charge in [-0.3, -0.25) is 9.10 Å². The highest BCUT2D eigenvalue weighted by Gasteiger charge is 2.28. The van der Waals surface area contributed by atoms with Crippen LogP contribution in [-0.4, -0.2) is 35.1 Å².